The van der Waals surface area contributed by atoms with Crippen LogP contribution in [-0.4, -0.2) is 10.7 Å². The van der Waals surface area contributed by atoms with E-state index in [4.69, 9.17) is 4.42 Å². The Labute approximate surface area is 97.7 Å². The molecular formula is C14H22O2. The highest BCUT2D eigenvalue weighted by atomic mass is 16.3. The van der Waals surface area contributed by atoms with Gasteiger partial charge in [-0.25, -0.2) is 0 Å². The third-order valence-corrected chi connectivity index (χ3v) is 3.82. The Morgan fingerprint density at radius 1 is 1.44 bits per heavy atom. The van der Waals surface area contributed by atoms with Crippen molar-refractivity contribution >= 4 is 0 Å². The smallest absolute Gasteiger partial charge is 0.106 e. The van der Waals surface area contributed by atoms with E-state index in [2.05, 4.69) is 6.92 Å². The SMILES string of the molecule is CCCC1CCC(O)(Cc2ccco2)CC1. The molecular weight excluding hydrogens is 200 g/mol. The second kappa shape index (κ2) is 5.05. The molecule has 0 radical (unpaired) electrons. The van der Waals surface area contributed by atoms with Gasteiger partial charge in [0.1, 0.15) is 5.76 Å². The lowest BCUT2D eigenvalue weighted by Crippen LogP contribution is -2.36. The predicted molar refractivity (Wildman–Crippen MR) is 64.2 cm³/mol. The quantitative estimate of drug-likeness (QED) is 0.845. The Morgan fingerprint density at radius 2 is 2.19 bits per heavy atom. The van der Waals surface area contributed by atoms with Gasteiger partial charge in [0.15, 0.2) is 0 Å². The van der Waals surface area contributed by atoms with Crippen LogP contribution in [0, 0.1) is 5.92 Å². The number of hydrogen-bond acceptors (Lipinski definition) is 2. The molecule has 2 heteroatoms. The Balaban J connectivity index is 1.86. The van der Waals surface area contributed by atoms with Crippen molar-refractivity contribution in [3.63, 3.8) is 0 Å². The first-order valence-electron chi connectivity index (χ1n) is 6.46. The summed E-state index contributed by atoms with van der Waals surface area (Å²) in [6.07, 6.45) is 9.14. The molecule has 1 aromatic heterocycles. The average molecular weight is 222 g/mol. The van der Waals surface area contributed by atoms with E-state index in [1.807, 2.05) is 12.1 Å². The van der Waals surface area contributed by atoms with E-state index >= 15 is 0 Å². The van der Waals surface area contributed by atoms with Crippen LogP contribution in [0.1, 0.15) is 51.2 Å². The summed E-state index contributed by atoms with van der Waals surface area (Å²) in [5.41, 5.74) is -0.512. The molecule has 0 unspecified atom stereocenters. The van der Waals surface area contributed by atoms with Gasteiger partial charge in [-0.15, -0.1) is 0 Å². The predicted octanol–water partition coefficient (Wildman–Crippen LogP) is 3.54. The summed E-state index contributed by atoms with van der Waals surface area (Å²) in [4.78, 5) is 0. The molecule has 2 rings (SSSR count). The van der Waals surface area contributed by atoms with Crippen LogP contribution in [0.5, 0.6) is 0 Å². The molecule has 0 aliphatic heterocycles. The third kappa shape index (κ3) is 2.88. The first-order chi connectivity index (χ1) is 7.72. The van der Waals surface area contributed by atoms with Crippen LogP contribution in [-0.2, 0) is 6.42 Å². The minimum Gasteiger partial charge on any atom is -0.469 e. The Morgan fingerprint density at radius 3 is 2.75 bits per heavy atom. The molecule has 0 atom stereocenters. The summed E-state index contributed by atoms with van der Waals surface area (Å²) >= 11 is 0. The van der Waals surface area contributed by atoms with Gasteiger partial charge in [-0.1, -0.05) is 19.8 Å². The number of rotatable bonds is 4. The summed E-state index contributed by atoms with van der Waals surface area (Å²) in [5.74, 6) is 1.75. The first kappa shape index (κ1) is 11.7. The fourth-order valence-electron chi connectivity index (χ4n) is 2.83. The lowest BCUT2D eigenvalue weighted by molar-refractivity contribution is -0.0136. The third-order valence-electron chi connectivity index (χ3n) is 3.82. The van der Waals surface area contributed by atoms with Crippen molar-refractivity contribution in [2.24, 2.45) is 5.92 Å². The molecule has 90 valence electrons. The maximum absolute atomic E-state index is 10.5. The monoisotopic (exact) mass is 222 g/mol. The summed E-state index contributed by atoms with van der Waals surface area (Å²) in [5, 5.41) is 10.5. The van der Waals surface area contributed by atoms with E-state index < -0.39 is 5.60 Å². The van der Waals surface area contributed by atoms with E-state index in [-0.39, 0.29) is 0 Å². The van der Waals surface area contributed by atoms with Gasteiger partial charge >= 0.3 is 0 Å². The van der Waals surface area contributed by atoms with Gasteiger partial charge in [-0.05, 0) is 43.7 Å². The van der Waals surface area contributed by atoms with Crippen LogP contribution in [0.4, 0.5) is 0 Å². The summed E-state index contributed by atoms with van der Waals surface area (Å²) < 4.78 is 5.32. The van der Waals surface area contributed by atoms with Gasteiger partial charge in [0, 0.05) is 6.42 Å². The standard InChI is InChI=1S/C14H22O2/c1-2-4-12-6-8-14(15,9-7-12)11-13-5-3-10-16-13/h3,5,10,12,15H,2,4,6-9,11H2,1H3. The molecule has 1 fully saturated rings. The topological polar surface area (TPSA) is 33.4 Å². The van der Waals surface area contributed by atoms with Crippen LogP contribution >= 0.6 is 0 Å². The second-order valence-electron chi connectivity index (χ2n) is 5.21. The molecule has 1 aliphatic rings. The number of hydrogen-bond donors (Lipinski definition) is 1. The maximum Gasteiger partial charge on any atom is 0.106 e. The zero-order chi connectivity index (χ0) is 11.4. The molecule has 0 saturated heterocycles. The fourth-order valence-corrected chi connectivity index (χ4v) is 2.83. The average Bonchev–Trinajstić information content (AvgIpc) is 2.74. The summed E-state index contributed by atoms with van der Waals surface area (Å²) in [6, 6.07) is 3.84. The molecule has 0 amide bonds. The zero-order valence-electron chi connectivity index (χ0n) is 10.1. The van der Waals surface area contributed by atoms with Crippen LogP contribution in [0.2, 0.25) is 0 Å². The van der Waals surface area contributed by atoms with E-state index in [1.54, 1.807) is 6.26 Å². The van der Waals surface area contributed by atoms with Gasteiger partial charge in [-0.3, -0.25) is 0 Å². The molecule has 0 spiro atoms. The molecule has 16 heavy (non-hydrogen) atoms. The largest absolute Gasteiger partial charge is 0.469 e. The highest BCUT2D eigenvalue weighted by Gasteiger charge is 2.33. The molecule has 1 saturated carbocycles. The van der Waals surface area contributed by atoms with Crippen molar-refractivity contribution in [3.8, 4) is 0 Å². The Bertz CT molecular complexity index is 295. The summed E-state index contributed by atoms with van der Waals surface area (Å²) in [7, 11) is 0. The molecule has 0 aromatic carbocycles. The molecule has 0 bridgehead atoms. The van der Waals surface area contributed by atoms with Crippen molar-refractivity contribution in [2.45, 2.75) is 57.5 Å². The molecule has 1 N–H and O–H groups in total. The molecule has 1 aliphatic carbocycles. The first-order valence-corrected chi connectivity index (χ1v) is 6.46. The van der Waals surface area contributed by atoms with Gasteiger partial charge in [-0.2, -0.15) is 0 Å². The highest BCUT2D eigenvalue weighted by Crippen LogP contribution is 2.36. The van der Waals surface area contributed by atoms with E-state index in [0.29, 0.717) is 6.42 Å². The molecule has 1 aromatic rings. The van der Waals surface area contributed by atoms with Gasteiger partial charge < -0.3 is 9.52 Å². The van der Waals surface area contributed by atoms with Gasteiger partial charge in [0.2, 0.25) is 0 Å². The van der Waals surface area contributed by atoms with Crippen LogP contribution in [0.3, 0.4) is 0 Å². The molecule has 2 nitrogen and oxygen atoms in total. The fraction of sp³-hybridized carbons (Fsp3) is 0.714. The summed E-state index contributed by atoms with van der Waals surface area (Å²) in [6.45, 7) is 2.24. The molecule has 1 heterocycles. The zero-order valence-corrected chi connectivity index (χ0v) is 10.1. The van der Waals surface area contributed by atoms with Crippen LogP contribution in [0.15, 0.2) is 22.8 Å². The van der Waals surface area contributed by atoms with Crippen molar-refractivity contribution in [3.05, 3.63) is 24.2 Å². The van der Waals surface area contributed by atoms with Crippen molar-refractivity contribution in [1.82, 2.24) is 0 Å². The van der Waals surface area contributed by atoms with E-state index in [0.717, 1.165) is 24.5 Å². The van der Waals surface area contributed by atoms with Crippen molar-refractivity contribution in [2.75, 3.05) is 0 Å². The number of aliphatic hydroxyl groups is 1. The minimum atomic E-state index is -0.512. The van der Waals surface area contributed by atoms with E-state index in [1.165, 1.54) is 25.7 Å². The van der Waals surface area contributed by atoms with Crippen LogP contribution < -0.4 is 0 Å². The van der Waals surface area contributed by atoms with Gasteiger partial charge in [0.25, 0.3) is 0 Å². The Hall–Kier alpha value is -0.760. The van der Waals surface area contributed by atoms with Crippen molar-refractivity contribution < 1.29 is 9.52 Å². The lowest BCUT2D eigenvalue weighted by Gasteiger charge is -2.35. The second-order valence-corrected chi connectivity index (χ2v) is 5.21. The minimum absolute atomic E-state index is 0.512. The van der Waals surface area contributed by atoms with E-state index in [9.17, 15) is 5.11 Å². The van der Waals surface area contributed by atoms with Crippen LogP contribution in [0.25, 0.3) is 0 Å². The lowest BCUT2D eigenvalue weighted by atomic mass is 9.75. The van der Waals surface area contributed by atoms with Gasteiger partial charge in [0.05, 0.1) is 11.9 Å². The van der Waals surface area contributed by atoms with Crippen molar-refractivity contribution in [1.29, 1.82) is 0 Å². The highest BCUT2D eigenvalue weighted by molar-refractivity contribution is 5.04. The Kier molecular flexibility index (Phi) is 3.70. The maximum atomic E-state index is 10.5. The number of furan rings is 1. The normalized spacial score (nSPS) is 30.5.